The number of halogens is 3. The molecule has 3 rings (SSSR count). The van der Waals surface area contributed by atoms with Crippen molar-refractivity contribution in [3.05, 3.63) is 57.2 Å². The first-order valence-electron chi connectivity index (χ1n) is 6.10. The number of fused-ring (bicyclic) bond motifs is 1. The molecule has 3 aromatic rings. The van der Waals surface area contributed by atoms with E-state index in [-0.39, 0.29) is 0 Å². The number of aromatic nitrogens is 1. The van der Waals surface area contributed by atoms with Gasteiger partial charge in [0.1, 0.15) is 0 Å². The van der Waals surface area contributed by atoms with Crippen molar-refractivity contribution in [3.8, 4) is 0 Å². The van der Waals surface area contributed by atoms with Gasteiger partial charge < -0.3 is 11.1 Å². The summed E-state index contributed by atoms with van der Waals surface area (Å²) in [7, 11) is 0. The van der Waals surface area contributed by atoms with E-state index in [1.165, 1.54) is 0 Å². The monoisotopic (exact) mass is 381 g/mol. The van der Waals surface area contributed by atoms with E-state index in [0.717, 1.165) is 26.6 Å². The molecule has 0 bridgehead atoms. The van der Waals surface area contributed by atoms with Gasteiger partial charge in [-0.3, -0.25) is 4.98 Å². The molecule has 3 N–H and O–H groups in total. The van der Waals surface area contributed by atoms with Crippen molar-refractivity contribution in [2.24, 2.45) is 0 Å². The number of rotatable bonds is 2. The fourth-order valence-corrected chi connectivity index (χ4v) is 2.91. The third kappa shape index (κ3) is 2.67. The second-order valence-electron chi connectivity index (χ2n) is 4.47. The lowest BCUT2D eigenvalue weighted by Gasteiger charge is -2.13. The molecule has 0 saturated heterocycles. The maximum absolute atomic E-state index is 6.27. The van der Waals surface area contributed by atoms with Crippen molar-refractivity contribution in [1.29, 1.82) is 0 Å². The third-order valence-corrected chi connectivity index (χ3v) is 4.93. The predicted molar refractivity (Wildman–Crippen MR) is 93.6 cm³/mol. The van der Waals surface area contributed by atoms with Gasteiger partial charge in [0.05, 0.1) is 15.7 Å². The second kappa shape index (κ2) is 5.72. The number of pyridine rings is 1. The Hall–Kier alpha value is -1.49. The van der Waals surface area contributed by atoms with E-state index in [1.54, 1.807) is 12.4 Å². The minimum atomic E-state index is 0.458. The zero-order valence-corrected chi connectivity index (χ0v) is 13.8. The minimum absolute atomic E-state index is 0.458. The Morgan fingerprint density at radius 3 is 2.52 bits per heavy atom. The average Bonchev–Trinajstić information content (AvgIpc) is 2.50. The number of nitrogens with one attached hydrogen (secondary N) is 1. The van der Waals surface area contributed by atoms with Crippen LogP contribution in [0.2, 0.25) is 10.0 Å². The van der Waals surface area contributed by atoms with Gasteiger partial charge in [-0.25, -0.2) is 0 Å². The second-order valence-corrected chi connectivity index (χ2v) is 6.08. The van der Waals surface area contributed by atoms with Crippen molar-refractivity contribution in [2.45, 2.75) is 0 Å². The van der Waals surface area contributed by atoms with E-state index < -0.39 is 0 Å². The van der Waals surface area contributed by atoms with E-state index in [9.17, 15) is 0 Å². The fraction of sp³-hybridized carbons (Fsp3) is 0. The Morgan fingerprint density at radius 2 is 1.71 bits per heavy atom. The van der Waals surface area contributed by atoms with Crippen LogP contribution in [0, 0.1) is 0 Å². The quantitative estimate of drug-likeness (QED) is 0.446. The average molecular weight is 383 g/mol. The molecule has 0 fully saturated rings. The molecule has 0 aliphatic carbocycles. The lowest BCUT2D eigenvalue weighted by molar-refractivity contribution is 1.36. The van der Waals surface area contributed by atoms with Crippen molar-refractivity contribution < 1.29 is 0 Å². The first-order chi connectivity index (χ1) is 10.1. The van der Waals surface area contributed by atoms with E-state index in [0.29, 0.717) is 15.7 Å². The summed E-state index contributed by atoms with van der Waals surface area (Å²) in [5.74, 6) is 0. The summed E-state index contributed by atoms with van der Waals surface area (Å²) in [4.78, 5) is 4.15. The smallest absolute Gasteiger partial charge is 0.0838 e. The summed E-state index contributed by atoms with van der Waals surface area (Å²) >= 11 is 15.8. The molecule has 0 radical (unpaired) electrons. The largest absolute Gasteiger partial charge is 0.398 e. The Kier molecular flexibility index (Phi) is 3.93. The van der Waals surface area contributed by atoms with Gasteiger partial charge in [0.25, 0.3) is 0 Å². The maximum Gasteiger partial charge on any atom is 0.0838 e. The van der Waals surface area contributed by atoms with Crippen LogP contribution < -0.4 is 11.1 Å². The molecule has 0 spiro atoms. The summed E-state index contributed by atoms with van der Waals surface area (Å²) in [6.07, 6.45) is 3.48. The van der Waals surface area contributed by atoms with Crippen LogP contribution in [-0.2, 0) is 0 Å². The molecule has 106 valence electrons. The highest BCUT2D eigenvalue weighted by Gasteiger charge is 2.10. The molecule has 0 saturated carbocycles. The summed E-state index contributed by atoms with van der Waals surface area (Å²) in [6, 6.07) is 9.32. The van der Waals surface area contributed by atoms with Crippen LogP contribution in [0.1, 0.15) is 0 Å². The predicted octanol–water partition coefficient (Wildman–Crippen LogP) is 5.63. The van der Waals surface area contributed by atoms with Crippen LogP contribution >= 0.6 is 39.1 Å². The molecule has 0 unspecified atom stereocenters. The summed E-state index contributed by atoms with van der Waals surface area (Å²) in [5, 5.41) is 6.07. The molecule has 0 amide bonds. The molecule has 0 aliphatic heterocycles. The van der Waals surface area contributed by atoms with E-state index in [1.807, 2.05) is 30.3 Å². The molecular weight excluding hydrogens is 373 g/mol. The molecule has 0 atom stereocenters. The fourth-order valence-electron chi connectivity index (χ4n) is 2.09. The van der Waals surface area contributed by atoms with E-state index in [4.69, 9.17) is 28.9 Å². The lowest BCUT2D eigenvalue weighted by atomic mass is 10.1. The lowest BCUT2D eigenvalue weighted by Crippen LogP contribution is -1.95. The number of nitrogens with zero attached hydrogens (tertiary/aromatic N) is 1. The molecule has 0 aliphatic rings. The molecular formula is C15H10BrCl2N3. The Labute approximate surface area is 140 Å². The number of benzene rings is 2. The standard InChI is InChI=1S/C15H10BrCl2N3/c16-10-1-3-13(15(18)14(10)17)21-12-4-2-11(19)8-5-6-20-7-9(8)12/h1-7,21H,19H2. The number of nitrogens with two attached hydrogens (primary N) is 1. The van der Waals surface area contributed by atoms with E-state index >= 15 is 0 Å². The SMILES string of the molecule is Nc1ccc(Nc2ccc(Br)c(Cl)c2Cl)c2cnccc12. The molecule has 3 nitrogen and oxygen atoms in total. The molecule has 1 aromatic heterocycles. The van der Waals surface area contributed by atoms with Gasteiger partial charge in [-0.05, 0) is 46.3 Å². The maximum atomic E-state index is 6.27. The number of nitrogen functional groups attached to an aromatic ring is 1. The van der Waals surface area contributed by atoms with Gasteiger partial charge >= 0.3 is 0 Å². The van der Waals surface area contributed by atoms with Crippen LogP contribution in [0.15, 0.2) is 47.2 Å². The van der Waals surface area contributed by atoms with Crippen LogP contribution in [0.25, 0.3) is 10.8 Å². The van der Waals surface area contributed by atoms with Crippen molar-refractivity contribution in [2.75, 3.05) is 11.1 Å². The van der Waals surface area contributed by atoms with Gasteiger partial charge in [0.2, 0.25) is 0 Å². The highest BCUT2D eigenvalue weighted by atomic mass is 79.9. The molecule has 2 aromatic carbocycles. The van der Waals surface area contributed by atoms with Crippen molar-refractivity contribution >= 4 is 67.0 Å². The normalized spacial score (nSPS) is 10.8. The minimum Gasteiger partial charge on any atom is -0.398 e. The number of anilines is 3. The van der Waals surface area contributed by atoms with Gasteiger partial charge in [0.15, 0.2) is 0 Å². The molecule has 6 heteroatoms. The topological polar surface area (TPSA) is 50.9 Å². The Balaban J connectivity index is 2.11. The van der Waals surface area contributed by atoms with Crippen LogP contribution in [0.5, 0.6) is 0 Å². The number of hydrogen-bond donors (Lipinski definition) is 2. The first kappa shape index (κ1) is 14.4. The molecule has 21 heavy (non-hydrogen) atoms. The van der Waals surface area contributed by atoms with E-state index in [2.05, 4.69) is 26.2 Å². The zero-order valence-electron chi connectivity index (χ0n) is 10.7. The Bertz CT molecular complexity index is 837. The molecule has 1 heterocycles. The summed E-state index contributed by atoms with van der Waals surface area (Å²) in [5.41, 5.74) is 8.28. The van der Waals surface area contributed by atoms with Gasteiger partial charge in [-0.15, -0.1) is 0 Å². The van der Waals surface area contributed by atoms with Crippen molar-refractivity contribution in [3.63, 3.8) is 0 Å². The highest BCUT2D eigenvalue weighted by molar-refractivity contribution is 9.10. The summed E-state index contributed by atoms with van der Waals surface area (Å²) in [6.45, 7) is 0. The van der Waals surface area contributed by atoms with Gasteiger partial charge in [0, 0.05) is 39.0 Å². The van der Waals surface area contributed by atoms with Crippen LogP contribution in [0.4, 0.5) is 17.1 Å². The summed E-state index contributed by atoms with van der Waals surface area (Å²) < 4.78 is 0.753. The van der Waals surface area contributed by atoms with Crippen LogP contribution in [-0.4, -0.2) is 4.98 Å². The third-order valence-electron chi connectivity index (χ3n) is 3.16. The van der Waals surface area contributed by atoms with Gasteiger partial charge in [-0.2, -0.15) is 0 Å². The first-order valence-corrected chi connectivity index (χ1v) is 7.65. The Morgan fingerprint density at radius 1 is 0.952 bits per heavy atom. The number of hydrogen-bond acceptors (Lipinski definition) is 3. The van der Waals surface area contributed by atoms with Crippen molar-refractivity contribution in [1.82, 2.24) is 4.98 Å². The van der Waals surface area contributed by atoms with Gasteiger partial charge in [-0.1, -0.05) is 23.2 Å². The zero-order chi connectivity index (χ0) is 15.0. The highest BCUT2D eigenvalue weighted by Crippen LogP contribution is 2.38. The van der Waals surface area contributed by atoms with Crippen LogP contribution in [0.3, 0.4) is 0 Å².